The van der Waals surface area contributed by atoms with Crippen LogP contribution < -0.4 is 0 Å². The lowest BCUT2D eigenvalue weighted by Crippen LogP contribution is -2.21. The summed E-state index contributed by atoms with van der Waals surface area (Å²) >= 11 is 0. The third-order valence-electron chi connectivity index (χ3n) is 6.98. The number of carbonyl (C=O) groups excluding carboxylic acids is 2. The molecule has 2 aliphatic rings. The van der Waals surface area contributed by atoms with E-state index in [9.17, 15) is 9.59 Å². The van der Waals surface area contributed by atoms with Gasteiger partial charge in [-0.15, -0.1) is 0 Å². The summed E-state index contributed by atoms with van der Waals surface area (Å²) in [6.45, 7) is 10.6. The molecule has 0 saturated heterocycles. The standard InChI is InChI=1S/C26H33NO3/c1-15-7-6-8-22(15)30-25(29)24-16(2)23-20(27-24)13-18(14-21(23)28)17-9-11-19(12-10-17)26(3,4)5/h9-12,15,18,22,27H,6-8,13-14H2,1-5H3/t15-,18-,22-/m0/s1. The first-order valence-electron chi connectivity index (χ1n) is 11.2. The van der Waals surface area contributed by atoms with E-state index in [4.69, 9.17) is 4.74 Å². The Morgan fingerprint density at radius 1 is 1.10 bits per heavy atom. The molecule has 1 saturated carbocycles. The van der Waals surface area contributed by atoms with Crippen molar-refractivity contribution in [3.8, 4) is 0 Å². The van der Waals surface area contributed by atoms with Crippen LogP contribution in [0.1, 0.15) is 103 Å². The zero-order valence-electron chi connectivity index (χ0n) is 18.8. The van der Waals surface area contributed by atoms with Gasteiger partial charge < -0.3 is 9.72 Å². The molecule has 4 heteroatoms. The predicted molar refractivity (Wildman–Crippen MR) is 118 cm³/mol. The summed E-state index contributed by atoms with van der Waals surface area (Å²) in [7, 11) is 0. The summed E-state index contributed by atoms with van der Waals surface area (Å²) in [5.41, 5.74) is 5.35. The van der Waals surface area contributed by atoms with Gasteiger partial charge in [-0.3, -0.25) is 4.79 Å². The summed E-state index contributed by atoms with van der Waals surface area (Å²) < 4.78 is 5.78. The molecule has 0 unspecified atom stereocenters. The molecule has 4 nitrogen and oxygen atoms in total. The maximum Gasteiger partial charge on any atom is 0.355 e. The maximum atomic E-state index is 13.0. The van der Waals surface area contributed by atoms with Crippen molar-refractivity contribution in [2.75, 3.05) is 0 Å². The molecule has 3 atom stereocenters. The first kappa shape index (κ1) is 20.9. The minimum Gasteiger partial charge on any atom is -0.457 e. The number of ether oxygens (including phenoxy) is 1. The van der Waals surface area contributed by atoms with Crippen LogP contribution in [0.15, 0.2) is 24.3 Å². The lowest BCUT2D eigenvalue weighted by molar-refractivity contribution is 0.0219. The molecule has 1 aromatic carbocycles. The maximum absolute atomic E-state index is 13.0. The minimum absolute atomic E-state index is 0.0120. The van der Waals surface area contributed by atoms with E-state index in [-0.39, 0.29) is 29.2 Å². The summed E-state index contributed by atoms with van der Waals surface area (Å²) in [4.78, 5) is 29.0. The Hall–Kier alpha value is -2.36. The fourth-order valence-corrected chi connectivity index (χ4v) is 5.01. The predicted octanol–water partition coefficient (Wildman–Crippen LogP) is 5.88. The van der Waals surface area contributed by atoms with E-state index in [0.29, 0.717) is 23.6 Å². The average molecular weight is 408 g/mol. The van der Waals surface area contributed by atoms with E-state index in [1.165, 1.54) is 11.1 Å². The third-order valence-corrected chi connectivity index (χ3v) is 6.98. The highest BCUT2D eigenvalue weighted by Crippen LogP contribution is 2.36. The first-order chi connectivity index (χ1) is 14.1. The Bertz CT molecular complexity index is 961. The van der Waals surface area contributed by atoms with E-state index in [0.717, 1.165) is 36.9 Å². The van der Waals surface area contributed by atoms with Gasteiger partial charge in [0.25, 0.3) is 0 Å². The van der Waals surface area contributed by atoms with Gasteiger partial charge in [0.15, 0.2) is 5.78 Å². The molecule has 30 heavy (non-hydrogen) atoms. The molecule has 2 aliphatic carbocycles. The summed E-state index contributed by atoms with van der Waals surface area (Å²) in [5, 5.41) is 0. The van der Waals surface area contributed by atoms with Crippen molar-refractivity contribution < 1.29 is 14.3 Å². The number of benzene rings is 1. The number of nitrogens with one attached hydrogen (secondary N) is 1. The van der Waals surface area contributed by atoms with Crippen LogP contribution in [0.5, 0.6) is 0 Å². The Kier molecular flexibility index (Phi) is 5.37. The fourth-order valence-electron chi connectivity index (χ4n) is 5.01. The summed E-state index contributed by atoms with van der Waals surface area (Å²) in [6, 6.07) is 8.63. The monoisotopic (exact) mass is 407 g/mol. The van der Waals surface area contributed by atoms with Crippen molar-refractivity contribution in [3.05, 3.63) is 57.9 Å². The van der Waals surface area contributed by atoms with Crippen molar-refractivity contribution in [2.24, 2.45) is 5.92 Å². The van der Waals surface area contributed by atoms with Gasteiger partial charge in [-0.25, -0.2) is 4.79 Å². The zero-order valence-corrected chi connectivity index (χ0v) is 18.8. The number of Topliss-reactive ketones (excluding diaryl/α,β-unsaturated/α-hetero) is 1. The molecule has 4 rings (SSSR count). The molecule has 0 bridgehead atoms. The number of ketones is 1. The Labute approximate surface area is 179 Å². The number of aromatic amines is 1. The molecule has 2 aromatic rings. The molecule has 0 spiro atoms. The van der Waals surface area contributed by atoms with Crippen LogP contribution in [0.4, 0.5) is 0 Å². The van der Waals surface area contributed by atoms with Gasteiger partial charge in [-0.2, -0.15) is 0 Å². The molecule has 1 N–H and O–H groups in total. The van der Waals surface area contributed by atoms with Crippen molar-refractivity contribution in [1.29, 1.82) is 0 Å². The Morgan fingerprint density at radius 2 is 1.80 bits per heavy atom. The van der Waals surface area contributed by atoms with Gasteiger partial charge in [-0.1, -0.05) is 52.0 Å². The first-order valence-corrected chi connectivity index (χ1v) is 11.2. The van der Waals surface area contributed by atoms with Crippen LogP contribution in [0, 0.1) is 12.8 Å². The third kappa shape index (κ3) is 3.84. The molecule has 0 radical (unpaired) electrons. The highest BCUT2D eigenvalue weighted by atomic mass is 16.5. The van der Waals surface area contributed by atoms with E-state index < -0.39 is 0 Å². The molecular formula is C26H33NO3. The molecular weight excluding hydrogens is 374 g/mol. The second-order valence-corrected chi connectivity index (χ2v) is 10.2. The lowest BCUT2D eigenvalue weighted by atomic mass is 9.80. The molecule has 0 amide bonds. The van der Waals surface area contributed by atoms with E-state index in [1.807, 2.05) is 6.92 Å². The SMILES string of the molecule is Cc1c(C(=O)O[C@H]2CCC[C@@H]2C)[nH]c2c1C(=O)C[C@@H](c1ccc(C(C)(C)C)cc1)C2. The van der Waals surface area contributed by atoms with Gasteiger partial charge >= 0.3 is 5.97 Å². The molecule has 1 heterocycles. The highest BCUT2D eigenvalue weighted by molar-refractivity contribution is 6.03. The largest absolute Gasteiger partial charge is 0.457 e. The lowest BCUT2D eigenvalue weighted by Gasteiger charge is -2.24. The van der Waals surface area contributed by atoms with Gasteiger partial charge in [0, 0.05) is 17.7 Å². The van der Waals surface area contributed by atoms with Crippen LogP contribution >= 0.6 is 0 Å². The van der Waals surface area contributed by atoms with Crippen molar-refractivity contribution in [3.63, 3.8) is 0 Å². The molecule has 1 fully saturated rings. The molecule has 0 aliphatic heterocycles. The molecule has 1 aromatic heterocycles. The highest BCUT2D eigenvalue weighted by Gasteiger charge is 2.34. The van der Waals surface area contributed by atoms with Crippen LogP contribution in [-0.4, -0.2) is 22.8 Å². The normalized spacial score (nSPS) is 24.0. The second kappa shape index (κ2) is 7.72. The number of esters is 1. The number of H-pyrrole nitrogens is 1. The Balaban J connectivity index is 1.55. The van der Waals surface area contributed by atoms with Gasteiger partial charge in [0.1, 0.15) is 11.8 Å². The smallest absolute Gasteiger partial charge is 0.355 e. The second-order valence-electron chi connectivity index (χ2n) is 10.2. The van der Waals surface area contributed by atoms with Crippen molar-refractivity contribution >= 4 is 11.8 Å². The molecule has 160 valence electrons. The van der Waals surface area contributed by atoms with E-state index in [2.05, 4.69) is 56.9 Å². The van der Waals surface area contributed by atoms with Gasteiger partial charge in [0.2, 0.25) is 0 Å². The van der Waals surface area contributed by atoms with E-state index >= 15 is 0 Å². The van der Waals surface area contributed by atoms with Crippen LogP contribution in [0.2, 0.25) is 0 Å². The number of fused-ring (bicyclic) bond motifs is 1. The number of hydrogen-bond donors (Lipinski definition) is 1. The minimum atomic E-state index is -0.320. The Morgan fingerprint density at radius 3 is 2.40 bits per heavy atom. The summed E-state index contributed by atoms with van der Waals surface area (Å²) in [6.07, 6.45) is 4.35. The van der Waals surface area contributed by atoms with Crippen LogP contribution in [0.25, 0.3) is 0 Å². The number of carbonyl (C=O) groups is 2. The zero-order chi connectivity index (χ0) is 21.6. The summed E-state index contributed by atoms with van der Waals surface area (Å²) in [5.74, 6) is 0.333. The topological polar surface area (TPSA) is 59.2 Å². The number of rotatable bonds is 3. The number of hydrogen-bond acceptors (Lipinski definition) is 3. The van der Waals surface area contributed by atoms with Crippen LogP contribution in [-0.2, 0) is 16.6 Å². The van der Waals surface area contributed by atoms with Crippen molar-refractivity contribution in [2.45, 2.75) is 84.2 Å². The van der Waals surface area contributed by atoms with Crippen molar-refractivity contribution in [1.82, 2.24) is 4.98 Å². The number of aromatic nitrogens is 1. The fraction of sp³-hybridized carbons (Fsp3) is 0.538. The average Bonchev–Trinajstić information content (AvgIpc) is 3.24. The van der Waals surface area contributed by atoms with Gasteiger partial charge in [0.05, 0.1) is 0 Å². The quantitative estimate of drug-likeness (QED) is 0.647. The van der Waals surface area contributed by atoms with Crippen LogP contribution in [0.3, 0.4) is 0 Å². The van der Waals surface area contributed by atoms with Gasteiger partial charge in [-0.05, 0) is 66.5 Å². The van der Waals surface area contributed by atoms with E-state index in [1.54, 1.807) is 0 Å².